The Labute approximate surface area is 181 Å². The van der Waals surface area contributed by atoms with Gasteiger partial charge in [-0.3, -0.25) is 4.79 Å². The average Bonchev–Trinajstić information content (AvgIpc) is 3.27. The number of amides is 1. The fourth-order valence-electron chi connectivity index (χ4n) is 4.16. The van der Waals surface area contributed by atoms with E-state index in [-0.39, 0.29) is 23.8 Å². The summed E-state index contributed by atoms with van der Waals surface area (Å²) in [5.74, 6) is 2.70. The molecule has 0 fully saturated rings. The molecule has 158 valence electrons. The Morgan fingerprint density at radius 2 is 2.17 bits per heavy atom. The monoisotopic (exact) mass is 424 g/mol. The van der Waals surface area contributed by atoms with E-state index in [0.29, 0.717) is 6.61 Å². The van der Waals surface area contributed by atoms with Crippen molar-refractivity contribution < 1.29 is 13.9 Å². The van der Waals surface area contributed by atoms with E-state index in [0.717, 1.165) is 51.9 Å². The highest BCUT2D eigenvalue weighted by Gasteiger charge is 2.35. The number of fused-ring (bicyclic) bond motifs is 1. The summed E-state index contributed by atoms with van der Waals surface area (Å²) in [6, 6.07) is 9.91. The van der Waals surface area contributed by atoms with E-state index < -0.39 is 0 Å². The third-order valence-corrected chi connectivity index (χ3v) is 6.31. The Kier molecular flexibility index (Phi) is 5.69. The first-order chi connectivity index (χ1) is 14.3. The van der Waals surface area contributed by atoms with E-state index in [2.05, 4.69) is 25.2 Å². The zero-order valence-corrected chi connectivity index (χ0v) is 18.8. The van der Waals surface area contributed by atoms with Crippen LogP contribution in [0.25, 0.3) is 10.6 Å². The maximum Gasteiger partial charge on any atom is 0.226 e. The number of hydrogen-bond acceptors (Lipinski definition) is 5. The molecule has 0 spiro atoms. The number of aryl methyl sites for hydroxylation is 1. The van der Waals surface area contributed by atoms with Gasteiger partial charge < -0.3 is 14.5 Å². The third kappa shape index (κ3) is 4.43. The molecular formula is C24H28N2O3S. The van der Waals surface area contributed by atoms with Crippen LogP contribution in [0.1, 0.15) is 56.0 Å². The number of nitrogens with one attached hydrogen (secondary N) is 1. The van der Waals surface area contributed by atoms with Crippen LogP contribution in [0.4, 0.5) is 0 Å². The normalized spacial score (nSPS) is 17.4. The van der Waals surface area contributed by atoms with E-state index in [1.807, 2.05) is 43.5 Å². The van der Waals surface area contributed by atoms with Gasteiger partial charge in [0.2, 0.25) is 5.91 Å². The van der Waals surface area contributed by atoms with Crippen molar-refractivity contribution in [3.63, 3.8) is 0 Å². The van der Waals surface area contributed by atoms with Crippen molar-refractivity contribution in [3.05, 3.63) is 58.5 Å². The van der Waals surface area contributed by atoms with Gasteiger partial charge in [-0.25, -0.2) is 4.98 Å². The van der Waals surface area contributed by atoms with E-state index >= 15 is 0 Å². The van der Waals surface area contributed by atoms with Gasteiger partial charge in [-0.1, -0.05) is 26.0 Å². The van der Waals surface area contributed by atoms with Crippen molar-refractivity contribution in [1.29, 1.82) is 0 Å². The Morgan fingerprint density at radius 3 is 2.97 bits per heavy atom. The highest BCUT2D eigenvalue weighted by molar-refractivity contribution is 7.13. The van der Waals surface area contributed by atoms with E-state index in [4.69, 9.17) is 14.1 Å². The summed E-state index contributed by atoms with van der Waals surface area (Å²) in [5, 5.41) is 6.04. The summed E-state index contributed by atoms with van der Waals surface area (Å²) in [7, 11) is 0. The molecule has 2 aromatic heterocycles. The number of benzene rings is 1. The van der Waals surface area contributed by atoms with Gasteiger partial charge >= 0.3 is 0 Å². The number of ether oxygens (including phenoxy) is 1. The molecule has 4 rings (SSSR count). The first-order valence-corrected chi connectivity index (χ1v) is 11.3. The topological polar surface area (TPSA) is 64.4 Å². The minimum atomic E-state index is -0.0227. The molecule has 5 nitrogen and oxygen atoms in total. The van der Waals surface area contributed by atoms with Crippen LogP contribution in [-0.2, 0) is 17.6 Å². The molecule has 30 heavy (non-hydrogen) atoms. The number of furan rings is 1. The molecule has 1 aliphatic rings. The molecular weight excluding hydrogens is 396 g/mol. The largest absolute Gasteiger partial charge is 0.493 e. The van der Waals surface area contributed by atoms with Crippen LogP contribution in [-0.4, -0.2) is 17.5 Å². The molecule has 0 saturated carbocycles. The number of para-hydroxylation sites is 1. The fraction of sp³-hybridized carbons (Fsp3) is 0.417. The van der Waals surface area contributed by atoms with Crippen LogP contribution in [0.5, 0.6) is 5.75 Å². The van der Waals surface area contributed by atoms with Gasteiger partial charge in [-0.15, -0.1) is 11.3 Å². The van der Waals surface area contributed by atoms with Crippen molar-refractivity contribution in [2.24, 2.45) is 5.41 Å². The van der Waals surface area contributed by atoms with Gasteiger partial charge in [0, 0.05) is 17.4 Å². The highest BCUT2D eigenvalue weighted by Crippen LogP contribution is 2.42. The van der Waals surface area contributed by atoms with Crippen molar-refractivity contribution in [1.82, 2.24) is 10.3 Å². The minimum absolute atomic E-state index is 0.0163. The number of hydrogen-bond donors (Lipinski definition) is 1. The van der Waals surface area contributed by atoms with Crippen LogP contribution in [0.3, 0.4) is 0 Å². The molecule has 0 radical (unpaired) electrons. The van der Waals surface area contributed by atoms with Crippen LogP contribution < -0.4 is 10.1 Å². The van der Waals surface area contributed by atoms with Gasteiger partial charge in [-0.2, -0.15) is 0 Å². The van der Waals surface area contributed by atoms with Gasteiger partial charge in [0.1, 0.15) is 22.3 Å². The predicted molar refractivity (Wildman–Crippen MR) is 119 cm³/mol. The second kappa shape index (κ2) is 8.26. The zero-order chi connectivity index (χ0) is 21.3. The third-order valence-electron chi connectivity index (χ3n) is 5.38. The van der Waals surface area contributed by atoms with Gasteiger partial charge in [0.25, 0.3) is 0 Å². The highest BCUT2D eigenvalue weighted by atomic mass is 32.1. The molecule has 0 bridgehead atoms. The SMILES string of the molecule is CCOc1ccccc1-c1nc(CC(=O)NC2CC(C)(C)Cc3oc(C)cc32)cs1. The lowest BCUT2D eigenvalue weighted by Gasteiger charge is -2.34. The summed E-state index contributed by atoms with van der Waals surface area (Å²) < 4.78 is 11.6. The minimum Gasteiger partial charge on any atom is -0.493 e. The number of carbonyl (C=O) groups is 1. The Hall–Kier alpha value is -2.60. The van der Waals surface area contributed by atoms with Crippen LogP contribution in [0, 0.1) is 12.3 Å². The average molecular weight is 425 g/mol. The summed E-state index contributed by atoms with van der Waals surface area (Å²) in [4.78, 5) is 17.5. The lowest BCUT2D eigenvalue weighted by molar-refractivity contribution is -0.121. The lowest BCUT2D eigenvalue weighted by atomic mass is 9.74. The van der Waals surface area contributed by atoms with Crippen molar-refractivity contribution >= 4 is 17.2 Å². The second-order valence-corrected chi connectivity index (χ2v) is 9.51. The molecule has 0 saturated heterocycles. The molecule has 1 amide bonds. The van der Waals surface area contributed by atoms with Crippen molar-refractivity contribution in [2.75, 3.05) is 6.61 Å². The zero-order valence-electron chi connectivity index (χ0n) is 18.0. The smallest absolute Gasteiger partial charge is 0.226 e. The van der Waals surface area contributed by atoms with Crippen molar-refractivity contribution in [3.8, 4) is 16.3 Å². The first-order valence-electron chi connectivity index (χ1n) is 10.4. The van der Waals surface area contributed by atoms with Crippen LogP contribution >= 0.6 is 11.3 Å². The molecule has 1 aromatic carbocycles. The number of aromatic nitrogens is 1. The van der Waals surface area contributed by atoms with Crippen molar-refractivity contribution in [2.45, 2.75) is 53.0 Å². The molecule has 0 aliphatic heterocycles. The molecule has 1 unspecified atom stereocenters. The molecule has 1 aliphatic carbocycles. The molecule has 6 heteroatoms. The molecule has 3 aromatic rings. The van der Waals surface area contributed by atoms with Crippen LogP contribution in [0.15, 0.2) is 40.1 Å². The van der Waals surface area contributed by atoms with Gasteiger partial charge in [0.15, 0.2) is 0 Å². The summed E-state index contributed by atoms with van der Waals surface area (Å²) in [5.41, 5.74) is 2.94. The molecule has 1 N–H and O–H groups in total. The summed E-state index contributed by atoms with van der Waals surface area (Å²) in [6.07, 6.45) is 2.06. The van der Waals surface area contributed by atoms with Gasteiger partial charge in [-0.05, 0) is 43.9 Å². The summed E-state index contributed by atoms with van der Waals surface area (Å²) in [6.45, 7) is 8.96. The maximum absolute atomic E-state index is 12.8. The molecule has 1 atom stereocenters. The quantitative estimate of drug-likeness (QED) is 0.569. The number of thiazole rings is 1. The Balaban J connectivity index is 1.47. The maximum atomic E-state index is 12.8. The predicted octanol–water partition coefficient (Wildman–Crippen LogP) is 5.48. The summed E-state index contributed by atoms with van der Waals surface area (Å²) >= 11 is 1.54. The second-order valence-electron chi connectivity index (χ2n) is 8.65. The van der Waals surface area contributed by atoms with E-state index in [1.54, 1.807) is 0 Å². The Morgan fingerprint density at radius 1 is 1.37 bits per heavy atom. The number of nitrogens with zero attached hydrogens (tertiary/aromatic N) is 1. The number of rotatable bonds is 6. The fourth-order valence-corrected chi connectivity index (χ4v) is 5.01. The van der Waals surface area contributed by atoms with E-state index in [9.17, 15) is 4.79 Å². The first kappa shape index (κ1) is 20.7. The standard InChI is InChI=1S/C24H28N2O3S/c1-5-28-20-9-7-6-8-17(20)23-25-16(14-30-23)11-22(27)26-19-12-24(3,4)13-21-18(19)10-15(2)29-21/h6-10,14,19H,5,11-13H2,1-4H3,(H,26,27). The molecule has 2 heterocycles. The number of carbonyl (C=O) groups excluding carboxylic acids is 1. The van der Waals surface area contributed by atoms with Gasteiger partial charge in [0.05, 0.1) is 30.3 Å². The lowest BCUT2D eigenvalue weighted by Crippen LogP contribution is -2.36. The van der Waals surface area contributed by atoms with E-state index in [1.165, 1.54) is 11.3 Å². The Bertz CT molecular complexity index is 1050. The van der Waals surface area contributed by atoms with Crippen LogP contribution in [0.2, 0.25) is 0 Å².